The summed E-state index contributed by atoms with van der Waals surface area (Å²) in [6.45, 7) is 1.84. The Hall–Kier alpha value is -1.40. The highest BCUT2D eigenvalue weighted by Gasteiger charge is 2.28. The first kappa shape index (κ1) is 12.1. The molecule has 0 heterocycles. The Labute approximate surface area is 102 Å². The van der Waals surface area contributed by atoms with Gasteiger partial charge in [-0.1, -0.05) is 12.1 Å². The van der Waals surface area contributed by atoms with Gasteiger partial charge in [0.25, 0.3) is 0 Å². The van der Waals surface area contributed by atoms with Gasteiger partial charge in [-0.3, -0.25) is 4.90 Å². The highest BCUT2D eigenvalue weighted by atomic mass is 19.1. The zero-order chi connectivity index (χ0) is 12.1. The molecule has 1 aliphatic carbocycles. The molecule has 0 amide bonds. The highest BCUT2D eigenvalue weighted by molar-refractivity contribution is 5.16. The van der Waals surface area contributed by atoms with E-state index in [2.05, 4.69) is 11.0 Å². The first-order valence-corrected chi connectivity index (χ1v) is 6.15. The quantitative estimate of drug-likeness (QED) is 0.705. The van der Waals surface area contributed by atoms with E-state index in [1.54, 1.807) is 0 Å². The molecule has 0 bridgehead atoms. The number of hydrogen-bond acceptors (Lipinski definition) is 2. The van der Waals surface area contributed by atoms with Gasteiger partial charge in [-0.15, -0.1) is 0 Å². The molecule has 1 saturated carbocycles. The van der Waals surface area contributed by atoms with Crippen LogP contribution in [0.4, 0.5) is 4.39 Å². The Bertz CT molecular complexity index is 390. The second-order valence-electron chi connectivity index (χ2n) is 4.59. The number of halogens is 1. The van der Waals surface area contributed by atoms with Gasteiger partial charge in [-0.25, -0.2) is 4.39 Å². The fourth-order valence-electron chi connectivity index (χ4n) is 2.02. The zero-order valence-electron chi connectivity index (χ0n) is 9.90. The van der Waals surface area contributed by atoms with Crippen LogP contribution in [0.5, 0.6) is 0 Å². The first-order chi connectivity index (χ1) is 8.29. The van der Waals surface area contributed by atoms with E-state index in [9.17, 15) is 4.39 Å². The summed E-state index contributed by atoms with van der Waals surface area (Å²) in [4.78, 5) is 2.41. The van der Waals surface area contributed by atoms with Crippen LogP contribution in [0, 0.1) is 17.1 Å². The molecule has 1 aromatic rings. The van der Waals surface area contributed by atoms with Crippen molar-refractivity contribution in [2.45, 2.75) is 38.3 Å². The SMILES string of the molecule is N#CCCCN(Cc1ccc(F)cc1)C1CC1. The zero-order valence-corrected chi connectivity index (χ0v) is 9.90. The molecule has 0 radical (unpaired) electrons. The van der Waals surface area contributed by atoms with Crippen LogP contribution in [-0.4, -0.2) is 17.5 Å². The average molecular weight is 232 g/mol. The molecular formula is C14H17FN2. The standard InChI is InChI=1S/C14H17FN2/c15-13-5-3-12(4-6-13)11-17(14-7-8-14)10-2-1-9-16/h3-6,14H,1-2,7-8,10-11H2. The number of unbranched alkanes of at least 4 members (excludes halogenated alkanes) is 1. The molecule has 0 saturated heterocycles. The molecule has 0 N–H and O–H groups in total. The van der Waals surface area contributed by atoms with E-state index in [-0.39, 0.29) is 5.82 Å². The largest absolute Gasteiger partial charge is 0.296 e. The lowest BCUT2D eigenvalue weighted by atomic mass is 10.2. The lowest BCUT2D eigenvalue weighted by molar-refractivity contribution is 0.252. The summed E-state index contributed by atoms with van der Waals surface area (Å²) < 4.78 is 12.8. The molecule has 1 aromatic carbocycles. The van der Waals surface area contributed by atoms with Gasteiger partial charge in [-0.05, 0) is 43.5 Å². The van der Waals surface area contributed by atoms with Crippen LogP contribution in [0.15, 0.2) is 24.3 Å². The van der Waals surface area contributed by atoms with E-state index < -0.39 is 0 Å². The molecule has 0 aliphatic heterocycles. The van der Waals surface area contributed by atoms with Crippen molar-refractivity contribution in [2.75, 3.05) is 6.54 Å². The minimum atomic E-state index is -0.184. The first-order valence-electron chi connectivity index (χ1n) is 6.15. The summed E-state index contributed by atoms with van der Waals surface area (Å²) in [5.74, 6) is -0.184. The lowest BCUT2D eigenvalue weighted by Crippen LogP contribution is -2.26. The van der Waals surface area contributed by atoms with Crippen LogP contribution in [-0.2, 0) is 6.54 Å². The van der Waals surface area contributed by atoms with Crippen molar-refractivity contribution in [3.05, 3.63) is 35.6 Å². The summed E-state index contributed by atoms with van der Waals surface area (Å²) >= 11 is 0. The minimum absolute atomic E-state index is 0.184. The molecule has 17 heavy (non-hydrogen) atoms. The summed E-state index contributed by atoms with van der Waals surface area (Å²) in [6, 6.07) is 9.56. The molecule has 3 heteroatoms. The van der Waals surface area contributed by atoms with Gasteiger partial charge in [-0.2, -0.15) is 5.26 Å². The van der Waals surface area contributed by atoms with E-state index >= 15 is 0 Å². The van der Waals surface area contributed by atoms with Gasteiger partial charge < -0.3 is 0 Å². The maximum Gasteiger partial charge on any atom is 0.123 e. The van der Waals surface area contributed by atoms with Crippen molar-refractivity contribution >= 4 is 0 Å². The van der Waals surface area contributed by atoms with Gasteiger partial charge in [0.15, 0.2) is 0 Å². The number of nitrogens with zero attached hydrogens (tertiary/aromatic N) is 2. The van der Waals surface area contributed by atoms with Crippen molar-refractivity contribution in [3.63, 3.8) is 0 Å². The summed E-state index contributed by atoms with van der Waals surface area (Å²) in [5.41, 5.74) is 1.15. The van der Waals surface area contributed by atoms with Crippen LogP contribution in [0.1, 0.15) is 31.2 Å². The second kappa shape index (κ2) is 5.79. The summed E-state index contributed by atoms with van der Waals surface area (Å²) in [6.07, 6.45) is 4.06. The molecule has 0 aromatic heterocycles. The van der Waals surface area contributed by atoms with Crippen molar-refractivity contribution in [2.24, 2.45) is 0 Å². The lowest BCUT2D eigenvalue weighted by Gasteiger charge is -2.21. The predicted molar refractivity (Wildman–Crippen MR) is 64.7 cm³/mol. The van der Waals surface area contributed by atoms with Crippen LogP contribution in [0.25, 0.3) is 0 Å². The highest BCUT2D eigenvalue weighted by Crippen LogP contribution is 2.28. The molecule has 2 rings (SSSR count). The maximum absolute atomic E-state index is 12.8. The van der Waals surface area contributed by atoms with E-state index in [1.807, 2.05) is 12.1 Å². The fourth-order valence-corrected chi connectivity index (χ4v) is 2.02. The summed E-state index contributed by atoms with van der Waals surface area (Å²) in [7, 11) is 0. The van der Waals surface area contributed by atoms with Crippen molar-refractivity contribution in [1.82, 2.24) is 4.90 Å². The third-order valence-electron chi connectivity index (χ3n) is 3.10. The molecular weight excluding hydrogens is 215 g/mol. The molecule has 0 unspecified atom stereocenters. The van der Waals surface area contributed by atoms with E-state index in [0.717, 1.165) is 25.1 Å². The third kappa shape index (κ3) is 3.83. The van der Waals surface area contributed by atoms with Gasteiger partial charge in [0, 0.05) is 19.0 Å². The predicted octanol–water partition coefficient (Wildman–Crippen LogP) is 3.09. The Morgan fingerprint density at radius 1 is 1.29 bits per heavy atom. The van der Waals surface area contributed by atoms with E-state index in [1.165, 1.54) is 25.0 Å². The average Bonchev–Trinajstić information content (AvgIpc) is 3.15. The molecule has 1 fully saturated rings. The Morgan fingerprint density at radius 2 is 2.00 bits per heavy atom. The number of hydrogen-bond donors (Lipinski definition) is 0. The minimum Gasteiger partial charge on any atom is -0.296 e. The van der Waals surface area contributed by atoms with Crippen molar-refractivity contribution < 1.29 is 4.39 Å². The van der Waals surface area contributed by atoms with Gasteiger partial charge in [0.05, 0.1) is 6.07 Å². The fraction of sp³-hybridized carbons (Fsp3) is 0.500. The molecule has 0 atom stereocenters. The van der Waals surface area contributed by atoms with Gasteiger partial charge in [0.2, 0.25) is 0 Å². The van der Waals surface area contributed by atoms with Crippen LogP contribution in [0.2, 0.25) is 0 Å². The number of rotatable bonds is 6. The number of benzene rings is 1. The Morgan fingerprint density at radius 3 is 2.59 bits per heavy atom. The van der Waals surface area contributed by atoms with Crippen molar-refractivity contribution in [3.8, 4) is 6.07 Å². The maximum atomic E-state index is 12.8. The molecule has 1 aliphatic rings. The second-order valence-corrected chi connectivity index (χ2v) is 4.59. The Kier molecular flexibility index (Phi) is 4.11. The van der Waals surface area contributed by atoms with Gasteiger partial charge >= 0.3 is 0 Å². The van der Waals surface area contributed by atoms with Crippen LogP contribution in [0.3, 0.4) is 0 Å². The smallest absolute Gasteiger partial charge is 0.123 e. The summed E-state index contributed by atoms with van der Waals surface area (Å²) in [5, 5.41) is 8.54. The topological polar surface area (TPSA) is 27.0 Å². The monoisotopic (exact) mass is 232 g/mol. The molecule has 0 spiro atoms. The molecule has 90 valence electrons. The number of nitriles is 1. The van der Waals surface area contributed by atoms with Crippen LogP contribution < -0.4 is 0 Å². The normalized spacial score (nSPS) is 14.9. The van der Waals surface area contributed by atoms with Gasteiger partial charge in [0.1, 0.15) is 5.82 Å². The molecule has 2 nitrogen and oxygen atoms in total. The Balaban J connectivity index is 1.88. The van der Waals surface area contributed by atoms with Crippen LogP contribution >= 0.6 is 0 Å². The van der Waals surface area contributed by atoms with E-state index in [4.69, 9.17) is 5.26 Å². The van der Waals surface area contributed by atoms with Crippen molar-refractivity contribution in [1.29, 1.82) is 5.26 Å². The van der Waals surface area contributed by atoms with E-state index in [0.29, 0.717) is 12.5 Å². The third-order valence-corrected chi connectivity index (χ3v) is 3.10.